The highest BCUT2D eigenvalue weighted by molar-refractivity contribution is 6.30. The molecule has 122 valence electrons. The van der Waals surface area contributed by atoms with Crippen LogP contribution in [0.1, 0.15) is 15.9 Å². The summed E-state index contributed by atoms with van der Waals surface area (Å²) < 4.78 is 15.6. The highest BCUT2D eigenvalue weighted by atomic mass is 35.5. The molecule has 3 aromatic rings. The van der Waals surface area contributed by atoms with Gasteiger partial charge >= 0.3 is 0 Å². The number of halogens is 2. The summed E-state index contributed by atoms with van der Waals surface area (Å²) in [5.74, 6) is -1.02. The Morgan fingerprint density at radius 3 is 2.75 bits per heavy atom. The molecule has 0 aliphatic heterocycles. The first-order valence-corrected chi connectivity index (χ1v) is 7.72. The average molecular weight is 344 g/mol. The molecular weight excluding hydrogens is 329 g/mol. The van der Waals surface area contributed by atoms with Crippen molar-refractivity contribution in [2.45, 2.75) is 6.54 Å². The molecule has 2 aromatic carbocycles. The SMILES string of the molecule is CN(Cc1cnn(-c2ccccc2)c1)C(=O)c1cc(Cl)ccc1F. The summed E-state index contributed by atoms with van der Waals surface area (Å²) in [7, 11) is 1.61. The molecule has 0 unspecified atom stereocenters. The molecule has 1 amide bonds. The number of para-hydroxylation sites is 1. The van der Waals surface area contributed by atoms with Gasteiger partial charge in [0, 0.05) is 30.4 Å². The van der Waals surface area contributed by atoms with Crippen LogP contribution < -0.4 is 0 Å². The molecule has 0 aliphatic carbocycles. The zero-order valence-corrected chi connectivity index (χ0v) is 13.7. The van der Waals surface area contributed by atoms with Gasteiger partial charge in [-0.05, 0) is 30.3 Å². The quantitative estimate of drug-likeness (QED) is 0.719. The highest BCUT2D eigenvalue weighted by Gasteiger charge is 2.17. The highest BCUT2D eigenvalue weighted by Crippen LogP contribution is 2.17. The standard InChI is InChI=1S/C18H15ClFN3O/c1-22(18(24)16-9-14(19)7-8-17(16)20)11-13-10-21-23(12-13)15-5-3-2-4-6-15/h2-10,12H,11H2,1H3. The Kier molecular flexibility index (Phi) is 4.62. The van der Waals surface area contributed by atoms with E-state index in [9.17, 15) is 9.18 Å². The molecule has 0 N–H and O–H groups in total. The zero-order valence-electron chi connectivity index (χ0n) is 13.0. The van der Waals surface area contributed by atoms with Crippen molar-refractivity contribution in [1.29, 1.82) is 0 Å². The first-order valence-electron chi connectivity index (χ1n) is 7.34. The first kappa shape index (κ1) is 16.2. The van der Waals surface area contributed by atoms with Crippen molar-refractivity contribution in [2.75, 3.05) is 7.05 Å². The van der Waals surface area contributed by atoms with Crippen LogP contribution in [0.2, 0.25) is 5.02 Å². The van der Waals surface area contributed by atoms with Gasteiger partial charge in [-0.25, -0.2) is 9.07 Å². The largest absolute Gasteiger partial charge is 0.337 e. The van der Waals surface area contributed by atoms with Crippen molar-refractivity contribution in [3.8, 4) is 5.69 Å². The maximum Gasteiger partial charge on any atom is 0.256 e. The third kappa shape index (κ3) is 3.46. The molecular formula is C18H15ClFN3O. The minimum atomic E-state index is -0.587. The van der Waals surface area contributed by atoms with Crippen LogP contribution in [0.3, 0.4) is 0 Å². The smallest absolute Gasteiger partial charge is 0.256 e. The lowest BCUT2D eigenvalue weighted by Crippen LogP contribution is -2.26. The summed E-state index contributed by atoms with van der Waals surface area (Å²) in [6.45, 7) is 0.317. The van der Waals surface area contributed by atoms with Gasteiger partial charge in [-0.3, -0.25) is 4.79 Å². The number of hydrogen-bond donors (Lipinski definition) is 0. The van der Waals surface area contributed by atoms with Gasteiger partial charge < -0.3 is 4.90 Å². The molecule has 3 rings (SSSR count). The van der Waals surface area contributed by atoms with Gasteiger partial charge in [0.2, 0.25) is 0 Å². The number of hydrogen-bond acceptors (Lipinski definition) is 2. The minimum absolute atomic E-state index is 0.0412. The molecule has 0 aliphatic rings. The van der Waals surface area contributed by atoms with Crippen LogP contribution in [0.15, 0.2) is 60.9 Å². The van der Waals surface area contributed by atoms with Crippen molar-refractivity contribution < 1.29 is 9.18 Å². The molecule has 24 heavy (non-hydrogen) atoms. The summed E-state index contributed by atoms with van der Waals surface area (Å²) >= 11 is 5.85. The minimum Gasteiger partial charge on any atom is -0.337 e. The fourth-order valence-electron chi connectivity index (χ4n) is 2.38. The Morgan fingerprint density at radius 1 is 1.25 bits per heavy atom. The van der Waals surface area contributed by atoms with E-state index in [0.29, 0.717) is 11.6 Å². The third-order valence-corrected chi connectivity index (χ3v) is 3.82. The van der Waals surface area contributed by atoms with Gasteiger partial charge in [-0.15, -0.1) is 0 Å². The number of amides is 1. The zero-order chi connectivity index (χ0) is 17.1. The lowest BCUT2D eigenvalue weighted by molar-refractivity contribution is 0.0780. The summed E-state index contributed by atoms with van der Waals surface area (Å²) in [6, 6.07) is 13.6. The number of carbonyl (C=O) groups is 1. The van der Waals surface area contributed by atoms with Crippen molar-refractivity contribution in [2.24, 2.45) is 0 Å². The fraction of sp³-hybridized carbons (Fsp3) is 0.111. The summed E-state index contributed by atoms with van der Waals surface area (Å²) in [6.07, 6.45) is 3.53. The molecule has 1 aromatic heterocycles. The normalized spacial score (nSPS) is 10.6. The number of benzene rings is 2. The Bertz CT molecular complexity index is 864. The summed E-state index contributed by atoms with van der Waals surface area (Å²) in [4.78, 5) is 13.8. The molecule has 6 heteroatoms. The molecule has 4 nitrogen and oxygen atoms in total. The van der Waals surface area contributed by atoms with E-state index < -0.39 is 11.7 Å². The van der Waals surface area contributed by atoms with Crippen molar-refractivity contribution in [3.63, 3.8) is 0 Å². The summed E-state index contributed by atoms with van der Waals surface area (Å²) in [5, 5.41) is 4.61. The van der Waals surface area contributed by atoms with Gasteiger partial charge in [0.25, 0.3) is 5.91 Å². The number of rotatable bonds is 4. The summed E-state index contributed by atoms with van der Waals surface area (Å²) in [5.41, 5.74) is 1.73. The van der Waals surface area contributed by atoms with Gasteiger partial charge in [-0.2, -0.15) is 5.10 Å². The first-order chi connectivity index (χ1) is 11.5. The van der Waals surface area contributed by atoms with Crippen molar-refractivity contribution in [3.05, 3.63) is 82.9 Å². The second-order valence-corrected chi connectivity index (χ2v) is 5.85. The van der Waals surface area contributed by atoms with Crippen LogP contribution in [0.25, 0.3) is 5.69 Å². The Hall–Kier alpha value is -2.66. The molecule has 0 radical (unpaired) electrons. The molecule has 1 heterocycles. The Morgan fingerprint density at radius 2 is 2.00 bits per heavy atom. The van der Waals surface area contributed by atoms with Crippen LogP contribution in [0.5, 0.6) is 0 Å². The maximum absolute atomic E-state index is 13.8. The van der Waals surface area contributed by atoms with E-state index >= 15 is 0 Å². The number of carbonyl (C=O) groups excluding carboxylic acids is 1. The van der Waals surface area contributed by atoms with Crippen LogP contribution in [0, 0.1) is 5.82 Å². The lowest BCUT2D eigenvalue weighted by atomic mass is 10.2. The van der Waals surface area contributed by atoms with Gasteiger partial charge in [0.15, 0.2) is 0 Å². The molecule has 0 bridgehead atoms. The van der Waals surface area contributed by atoms with E-state index in [4.69, 9.17) is 11.6 Å². The van der Waals surface area contributed by atoms with E-state index in [0.717, 1.165) is 11.3 Å². The van der Waals surface area contributed by atoms with Crippen LogP contribution in [-0.2, 0) is 6.54 Å². The average Bonchev–Trinajstić information content (AvgIpc) is 3.05. The number of aromatic nitrogens is 2. The molecule has 0 atom stereocenters. The molecule has 0 spiro atoms. The molecule has 0 fully saturated rings. The third-order valence-electron chi connectivity index (χ3n) is 3.58. The van der Waals surface area contributed by atoms with E-state index in [-0.39, 0.29) is 5.56 Å². The van der Waals surface area contributed by atoms with Crippen LogP contribution in [-0.4, -0.2) is 27.6 Å². The van der Waals surface area contributed by atoms with Crippen LogP contribution in [0.4, 0.5) is 4.39 Å². The Balaban J connectivity index is 1.75. The second kappa shape index (κ2) is 6.84. The van der Waals surface area contributed by atoms with Gasteiger partial charge in [0.05, 0.1) is 17.4 Å². The van der Waals surface area contributed by atoms with E-state index in [2.05, 4.69) is 5.10 Å². The van der Waals surface area contributed by atoms with Gasteiger partial charge in [0.1, 0.15) is 5.82 Å². The molecule has 0 saturated heterocycles. The monoisotopic (exact) mass is 343 g/mol. The van der Waals surface area contributed by atoms with E-state index in [1.807, 2.05) is 36.5 Å². The maximum atomic E-state index is 13.8. The second-order valence-electron chi connectivity index (χ2n) is 5.41. The van der Waals surface area contributed by atoms with Gasteiger partial charge in [-0.1, -0.05) is 29.8 Å². The lowest BCUT2D eigenvalue weighted by Gasteiger charge is -2.16. The van der Waals surface area contributed by atoms with Crippen molar-refractivity contribution in [1.82, 2.24) is 14.7 Å². The van der Waals surface area contributed by atoms with E-state index in [1.165, 1.54) is 23.1 Å². The topological polar surface area (TPSA) is 38.1 Å². The molecule has 0 saturated carbocycles. The number of nitrogens with zero attached hydrogens (tertiary/aromatic N) is 3. The predicted molar refractivity (Wildman–Crippen MR) is 90.8 cm³/mol. The predicted octanol–water partition coefficient (Wildman–Crippen LogP) is 3.94. The Labute approximate surface area is 144 Å². The van der Waals surface area contributed by atoms with Crippen molar-refractivity contribution >= 4 is 17.5 Å². The van der Waals surface area contributed by atoms with Crippen LogP contribution >= 0.6 is 11.6 Å². The fourth-order valence-corrected chi connectivity index (χ4v) is 2.55. The van der Waals surface area contributed by atoms with E-state index in [1.54, 1.807) is 17.9 Å².